The second-order valence-electron chi connectivity index (χ2n) is 5.00. The van der Waals surface area contributed by atoms with Gasteiger partial charge in [-0.15, -0.1) is 0 Å². The molecule has 1 saturated heterocycles. The normalized spacial score (nSPS) is 17.8. The Kier molecular flexibility index (Phi) is 3.67. The van der Waals surface area contributed by atoms with Crippen LogP contribution in [0.5, 0.6) is 5.75 Å². The molecule has 3 nitrogen and oxygen atoms in total. The summed E-state index contributed by atoms with van der Waals surface area (Å²) in [6.45, 7) is 2.38. The van der Waals surface area contributed by atoms with Gasteiger partial charge in [-0.1, -0.05) is 24.3 Å². The predicted octanol–water partition coefficient (Wildman–Crippen LogP) is 2.89. The van der Waals surface area contributed by atoms with E-state index in [0.29, 0.717) is 11.9 Å². The summed E-state index contributed by atoms with van der Waals surface area (Å²) in [6, 6.07) is 11.8. The van der Waals surface area contributed by atoms with Crippen LogP contribution in [0.15, 0.2) is 36.4 Å². The van der Waals surface area contributed by atoms with Crippen LogP contribution in [0.25, 0.3) is 10.8 Å². The fraction of sp³-hybridized carbons (Fsp3) is 0.375. The Bertz CT molecular complexity index is 561. The maximum atomic E-state index is 9.42. The minimum absolute atomic E-state index is 0.316. The zero-order chi connectivity index (χ0) is 13.1. The minimum Gasteiger partial charge on any atom is -0.508 e. The highest BCUT2D eigenvalue weighted by atomic mass is 16.6. The first-order valence-corrected chi connectivity index (χ1v) is 6.72. The summed E-state index contributed by atoms with van der Waals surface area (Å²) in [7, 11) is 0. The van der Waals surface area contributed by atoms with Crippen molar-refractivity contribution in [1.29, 1.82) is 0 Å². The summed E-state index contributed by atoms with van der Waals surface area (Å²) in [5, 5.41) is 11.7. The molecule has 1 aliphatic rings. The number of fused-ring (bicyclic) bond motifs is 1. The molecule has 100 valence electrons. The molecule has 1 atom stereocenters. The summed E-state index contributed by atoms with van der Waals surface area (Å²) in [4.78, 5) is 0. The maximum absolute atomic E-state index is 9.42. The maximum Gasteiger partial charge on any atom is 0.116 e. The van der Waals surface area contributed by atoms with Gasteiger partial charge in [0.25, 0.3) is 0 Å². The van der Waals surface area contributed by atoms with Gasteiger partial charge in [0.1, 0.15) is 11.9 Å². The first kappa shape index (κ1) is 12.5. The Hall–Kier alpha value is -1.58. The summed E-state index contributed by atoms with van der Waals surface area (Å²) in [6.07, 6.45) is 2.40. The lowest BCUT2D eigenvalue weighted by atomic mass is 10.0. The van der Waals surface area contributed by atoms with Gasteiger partial charge in [-0.25, -0.2) is 0 Å². The summed E-state index contributed by atoms with van der Waals surface area (Å²) >= 11 is 0. The number of aryl methyl sites for hydroxylation is 1. The number of hydrogen-bond acceptors (Lipinski definition) is 3. The Balaban J connectivity index is 1.53. The van der Waals surface area contributed by atoms with Crippen LogP contribution in [0, 0.1) is 0 Å². The molecule has 1 heterocycles. The van der Waals surface area contributed by atoms with Crippen LogP contribution < -0.4 is 0 Å². The van der Waals surface area contributed by atoms with Gasteiger partial charge in [0.15, 0.2) is 0 Å². The number of phenolic OH excluding ortho intramolecular Hbond substituents is 1. The van der Waals surface area contributed by atoms with E-state index in [4.69, 9.17) is 9.47 Å². The lowest BCUT2D eigenvalue weighted by Crippen LogP contribution is -2.03. The van der Waals surface area contributed by atoms with E-state index < -0.39 is 0 Å². The average Bonchev–Trinajstić information content (AvgIpc) is 3.22. The second kappa shape index (κ2) is 5.59. The largest absolute Gasteiger partial charge is 0.508 e. The molecule has 0 aromatic heterocycles. The smallest absolute Gasteiger partial charge is 0.116 e. The van der Waals surface area contributed by atoms with Gasteiger partial charge in [0.2, 0.25) is 0 Å². The molecule has 1 aliphatic heterocycles. The molecule has 0 bridgehead atoms. The van der Waals surface area contributed by atoms with Crippen molar-refractivity contribution in [2.45, 2.75) is 18.9 Å². The highest BCUT2D eigenvalue weighted by Gasteiger charge is 2.21. The average molecular weight is 258 g/mol. The standard InChI is InChI=1S/C16H18O3/c17-15-6-5-13-8-12(3-4-14(13)9-15)2-1-7-18-10-16-11-19-16/h3-6,8-9,16-17H,1-2,7,10-11H2. The van der Waals surface area contributed by atoms with E-state index in [0.717, 1.165) is 38.0 Å². The number of hydrogen-bond donors (Lipinski definition) is 1. The number of rotatable bonds is 6. The molecule has 1 N–H and O–H groups in total. The predicted molar refractivity (Wildman–Crippen MR) is 74.5 cm³/mol. The van der Waals surface area contributed by atoms with Gasteiger partial charge in [0, 0.05) is 6.61 Å². The van der Waals surface area contributed by atoms with Crippen molar-refractivity contribution in [1.82, 2.24) is 0 Å². The van der Waals surface area contributed by atoms with E-state index in [1.165, 1.54) is 10.9 Å². The van der Waals surface area contributed by atoms with Gasteiger partial charge in [-0.2, -0.15) is 0 Å². The number of phenols is 1. The zero-order valence-electron chi connectivity index (χ0n) is 10.8. The van der Waals surface area contributed by atoms with E-state index >= 15 is 0 Å². The van der Waals surface area contributed by atoms with Crippen molar-refractivity contribution in [3.05, 3.63) is 42.0 Å². The molecule has 3 heteroatoms. The summed E-state index contributed by atoms with van der Waals surface area (Å²) in [5.74, 6) is 0.316. The van der Waals surface area contributed by atoms with Crippen molar-refractivity contribution in [3.63, 3.8) is 0 Å². The van der Waals surface area contributed by atoms with Gasteiger partial charge < -0.3 is 14.6 Å². The van der Waals surface area contributed by atoms with Crippen LogP contribution in [0.1, 0.15) is 12.0 Å². The third-order valence-corrected chi connectivity index (χ3v) is 3.35. The molecule has 0 radical (unpaired) electrons. The third-order valence-electron chi connectivity index (χ3n) is 3.35. The van der Waals surface area contributed by atoms with E-state index in [-0.39, 0.29) is 0 Å². The summed E-state index contributed by atoms with van der Waals surface area (Å²) in [5.41, 5.74) is 1.31. The van der Waals surface area contributed by atoms with Crippen LogP contribution in [0.3, 0.4) is 0 Å². The molecular formula is C16H18O3. The Morgan fingerprint density at radius 3 is 2.79 bits per heavy atom. The van der Waals surface area contributed by atoms with Crippen LogP contribution >= 0.6 is 0 Å². The lowest BCUT2D eigenvalue weighted by Gasteiger charge is -2.05. The molecule has 0 saturated carbocycles. The molecule has 1 fully saturated rings. The monoisotopic (exact) mass is 258 g/mol. The molecule has 0 aliphatic carbocycles. The quantitative estimate of drug-likeness (QED) is 0.640. The van der Waals surface area contributed by atoms with Gasteiger partial charge >= 0.3 is 0 Å². The number of ether oxygens (including phenoxy) is 2. The van der Waals surface area contributed by atoms with Crippen molar-refractivity contribution in [2.24, 2.45) is 0 Å². The van der Waals surface area contributed by atoms with Crippen molar-refractivity contribution in [3.8, 4) is 5.75 Å². The molecule has 0 spiro atoms. The lowest BCUT2D eigenvalue weighted by molar-refractivity contribution is 0.114. The van der Waals surface area contributed by atoms with E-state index in [1.807, 2.05) is 6.07 Å². The molecule has 2 aromatic rings. The third kappa shape index (κ3) is 3.46. The first-order chi connectivity index (χ1) is 9.31. The second-order valence-corrected chi connectivity index (χ2v) is 5.00. The molecule has 19 heavy (non-hydrogen) atoms. The summed E-state index contributed by atoms with van der Waals surface area (Å²) < 4.78 is 10.6. The van der Waals surface area contributed by atoms with Crippen LogP contribution in [-0.2, 0) is 15.9 Å². The molecule has 2 aromatic carbocycles. The van der Waals surface area contributed by atoms with Crippen LogP contribution in [0.2, 0.25) is 0 Å². The topological polar surface area (TPSA) is 42.0 Å². The van der Waals surface area contributed by atoms with Crippen LogP contribution in [-0.4, -0.2) is 31.0 Å². The fourth-order valence-corrected chi connectivity index (χ4v) is 2.20. The van der Waals surface area contributed by atoms with Crippen LogP contribution in [0.4, 0.5) is 0 Å². The SMILES string of the molecule is Oc1ccc2cc(CCCOCC3CO3)ccc2c1. The Morgan fingerprint density at radius 2 is 1.95 bits per heavy atom. The number of benzene rings is 2. The van der Waals surface area contributed by atoms with E-state index in [9.17, 15) is 5.11 Å². The van der Waals surface area contributed by atoms with E-state index in [1.54, 1.807) is 12.1 Å². The fourth-order valence-electron chi connectivity index (χ4n) is 2.20. The molecule has 3 rings (SSSR count). The number of aromatic hydroxyl groups is 1. The highest BCUT2D eigenvalue weighted by Crippen LogP contribution is 2.21. The number of epoxide rings is 1. The highest BCUT2D eigenvalue weighted by molar-refractivity contribution is 5.84. The molecular weight excluding hydrogens is 240 g/mol. The molecule has 0 amide bonds. The zero-order valence-corrected chi connectivity index (χ0v) is 10.8. The van der Waals surface area contributed by atoms with Crippen molar-refractivity contribution in [2.75, 3.05) is 19.8 Å². The van der Waals surface area contributed by atoms with E-state index in [2.05, 4.69) is 18.2 Å². The first-order valence-electron chi connectivity index (χ1n) is 6.72. The van der Waals surface area contributed by atoms with Gasteiger partial charge in [0.05, 0.1) is 13.2 Å². The Labute approximate surface area is 112 Å². The van der Waals surface area contributed by atoms with Crippen molar-refractivity contribution < 1.29 is 14.6 Å². The van der Waals surface area contributed by atoms with Gasteiger partial charge in [-0.05, 0) is 41.3 Å². The minimum atomic E-state index is 0.316. The Morgan fingerprint density at radius 1 is 1.16 bits per heavy atom. The van der Waals surface area contributed by atoms with Gasteiger partial charge in [-0.3, -0.25) is 0 Å². The van der Waals surface area contributed by atoms with Crippen molar-refractivity contribution >= 4 is 10.8 Å². The molecule has 1 unspecified atom stereocenters.